The molecule has 0 aromatic heterocycles. The summed E-state index contributed by atoms with van der Waals surface area (Å²) in [6, 6.07) is 10.3. The molecule has 0 spiro atoms. The molecule has 1 saturated carbocycles. The Morgan fingerprint density at radius 1 is 1.39 bits per heavy atom. The topological polar surface area (TPSA) is 38.3 Å². The number of hydrogen-bond donors (Lipinski definition) is 1. The number of carbonyl (C=O) groups is 1. The van der Waals surface area contributed by atoms with Crippen molar-refractivity contribution in [2.45, 2.75) is 19.3 Å². The summed E-state index contributed by atoms with van der Waals surface area (Å²) in [4.78, 5) is 12.0. The summed E-state index contributed by atoms with van der Waals surface area (Å²) < 4.78 is 5.19. The van der Waals surface area contributed by atoms with Crippen molar-refractivity contribution in [3.8, 4) is 0 Å². The highest BCUT2D eigenvalue weighted by atomic mass is 16.5. The van der Waals surface area contributed by atoms with E-state index < -0.39 is 0 Å². The van der Waals surface area contributed by atoms with E-state index in [-0.39, 0.29) is 17.2 Å². The maximum Gasteiger partial charge on any atom is 0.223 e. The van der Waals surface area contributed by atoms with Crippen molar-refractivity contribution in [3.05, 3.63) is 35.9 Å². The smallest absolute Gasteiger partial charge is 0.223 e. The molecule has 1 heterocycles. The Bertz CT molecular complexity index is 439. The van der Waals surface area contributed by atoms with Crippen LogP contribution in [0.3, 0.4) is 0 Å². The molecule has 96 valence electrons. The van der Waals surface area contributed by atoms with E-state index in [9.17, 15) is 4.79 Å². The third kappa shape index (κ3) is 2.27. The van der Waals surface area contributed by atoms with Crippen LogP contribution in [0, 0.1) is 11.3 Å². The van der Waals surface area contributed by atoms with Gasteiger partial charge in [-0.05, 0) is 17.9 Å². The number of amides is 1. The molecule has 3 heteroatoms. The van der Waals surface area contributed by atoms with Crippen LogP contribution in [0.15, 0.2) is 30.3 Å². The second kappa shape index (κ2) is 4.39. The molecule has 1 amide bonds. The first-order valence-electron chi connectivity index (χ1n) is 6.58. The predicted molar refractivity (Wildman–Crippen MR) is 69.2 cm³/mol. The molecule has 1 aromatic rings. The third-order valence-electron chi connectivity index (χ3n) is 3.95. The van der Waals surface area contributed by atoms with Gasteiger partial charge in [-0.1, -0.05) is 37.3 Å². The first-order chi connectivity index (χ1) is 8.68. The third-order valence-corrected chi connectivity index (χ3v) is 3.95. The molecule has 1 aliphatic heterocycles. The lowest BCUT2D eigenvalue weighted by Crippen LogP contribution is -2.48. The van der Waals surface area contributed by atoms with Gasteiger partial charge in [0, 0.05) is 17.9 Å². The molecule has 18 heavy (non-hydrogen) atoms. The zero-order chi connectivity index (χ0) is 12.6. The minimum atomic E-state index is 0.160. The summed E-state index contributed by atoms with van der Waals surface area (Å²) in [5.74, 6) is 0.811. The first-order valence-corrected chi connectivity index (χ1v) is 6.58. The first kappa shape index (κ1) is 11.7. The molecule has 2 atom stereocenters. The second-order valence-corrected chi connectivity index (χ2v) is 5.88. The average molecular weight is 245 g/mol. The molecule has 3 nitrogen and oxygen atoms in total. The van der Waals surface area contributed by atoms with E-state index in [0.717, 1.165) is 26.2 Å². The summed E-state index contributed by atoms with van der Waals surface area (Å²) in [7, 11) is 0. The van der Waals surface area contributed by atoms with Crippen molar-refractivity contribution in [1.29, 1.82) is 0 Å². The zero-order valence-electron chi connectivity index (χ0n) is 10.7. The monoisotopic (exact) mass is 245 g/mol. The molecule has 0 bridgehead atoms. The molecule has 1 saturated heterocycles. The SMILES string of the molecule is CC1(CNC(=O)C2CC2c2ccccc2)COC1. The van der Waals surface area contributed by atoms with Crippen LogP contribution >= 0.6 is 0 Å². The summed E-state index contributed by atoms with van der Waals surface area (Å²) in [5.41, 5.74) is 1.45. The number of ether oxygens (including phenoxy) is 1. The van der Waals surface area contributed by atoms with Crippen LogP contribution in [-0.4, -0.2) is 25.7 Å². The summed E-state index contributed by atoms with van der Waals surface area (Å²) in [6.45, 7) is 4.42. The minimum absolute atomic E-state index is 0.160. The predicted octanol–water partition coefficient (Wildman–Crippen LogP) is 1.94. The number of hydrogen-bond acceptors (Lipinski definition) is 2. The van der Waals surface area contributed by atoms with Gasteiger partial charge in [-0.15, -0.1) is 0 Å². The lowest BCUT2D eigenvalue weighted by atomic mass is 9.89. The highest BCUT2D eigenvalue weighted by molar-refractivity contribution is 5.82. The Labute approximate surface area is 108 Å². The minimum Gasteiger partial charge on any atom is -0.380 e. The summed E-state index contributed by atoms with van der Waals surface area (Å²) in [5, 5.41) is 3.07. The Kier molecular flexibility index (Phi) is 2.86. The lowest BCUT2D eigenvalue weighted by molar-refractivity contribution is -0.128. The van der Waals surface area contributed by atoms with Crippen LogP contribution < -0.4 is 5.32 Å². The molecule has 1 aromatic carbocycles. The number of benzene rings is 1. The van der Waals surface area contributed by atoms with Gasteiger partial charge in [-0.25, -0.2) is 0 Å². The fraction of sp³-hybridized carbons (Fsp3) is 0.533. The normalized spacial score (nSPS) is 28.3. The van der Waals surface area contributed by atoms with Crippen LogP contribution in [0.4, 0.5) is 0 Å². The number of nitrogens with one attached hydrogen (secondary N) is 1. The Balaban J connectivity index is 1.50. The Morgan fingerprint density at radius 2 is 2.11 bits per heavy atom. The van der Waals surface area contributed by atoms with Gasteiger partial charge in [-0.2, -0.15) is 0 Å². The van der Waals surface area contributed by atoms with E-state index >= 15 is 0 Å². The second-order valence-electron chi connectivity index (χ2n) is 5.88. The maximum atomic E-state index is 12.0. The molecule has 1 aliphatic carbocycles. The number of rotatable bonds is 4. The number of carbonyl (C=O) groups excluding carboxylic acids is 1. The van der Waals surface area contributed by atoms with E-state index in [0.29, 0.717) is 5.92 Å². The van der Waals surface area contributed by atoms with Crippen molar-refractivity contribution >= 4 is 5.91 Å². The van der Waals surface area contributed by atoms with E-state index in [1.54, 1.807) is 0 Å². The van der Waals surface area contributed by atoms with Crippen molar-refractivity contribution in [2.75, 3.05) is 19.8 Å². The fourth-order valence-corrected chi connectivity index (χ4v) is 2.54. The quantitative estimate of drug-likeness (QED) is 0.880. The maximum absolute atomic E-state index is 12.0. The summed E-state index contributed by atoms with van der Waals surface area (Å²) >= 11 is 0. The van der Waals surface area contributed by atoms with E-state index in [1.807, 2.05) is 18.2 Å². The standard InChI is InChI=1S/C15H19NO2/c1-15(9-18-10-15)8-16-14(17)13-7-12(13)11-5-3-2-4-6-11/h2-6,12-13H,7-10H2,1H3,(H,16,17). The Morgan fingerprint density at radius 3 is 2.72 bits per heavy atom. The van der Waals surface area contributed by atoms with Gasteiger partial charge in [0.1, 0.15) is 0 Å². The molecule has 2 unspecified atom stereocenters. The van der Waals surface area contributed by atoms with Gasteiger partial charge in [0.25, 0.3) is 0 Å². The molecule has 3 rings (SSSR count). The largest absolute Gasteiger partial charge is 0.380 e. The fourth-order valence-electron chi connectivity index (χ4n) is 2.54. The van der Waals surface area contributed by atoms with Crippen LogP contribution in [-0.2, 0) is 9.53 Å². The van der Waals surface area contributed by atoms with Crippen LogP contribution in [0.2, 0.25) is 0 Å². The average Bonchev–Trinajstić information content (AvgIpc) is 3.15. The molecular formula is C15H19NO2. The van der Waals surface area contributed by atoms with Gasteiger partial charge in [-0.3, -0.25) is 4.79 Å². The molecular weight excluding hydrogens is 226 g/mol. The van der Waals surface area contributed by atoms with E-state index in [4.69, 9.17) is 4.74 Å². The highest BCUT2D eigenvalue weighted by Crippen LogP contribution is 2.47. The Hall–Kier alpha value is -1.35. The highest BCUT2D eigenvalue weighted by Gasteiger charge is 2.44. The van der Waals surface area contributed by atoms with Gasteiger partial charge in [0.15, 0.2) is 0 Å². The van der Waals surface area contributed by atoms with Crippen LogP contribution in [0.25, 0.3) is 0 Å². The van der Waals surface area contributed by atoms with Crippen LogP contribution in [0.1, 0.15) is 24.8 Å². The van der Waals surface area contributed by atoms with Gasteiger partial charge >= 0.3 is 0 Å². The zero-order valence-corrected chi connectivity index (χ0v) is 10.7. The van der Waals surface area contributed by atoms with Crippen molar-refractivity contribution in [2.24, 2.45) is 11.3 Å². The lowest BCUT2D eigenvalue weighted by Gasteiger charge is -2.38. The molecule has 2 aliphatic rings. The van der Waals surface area contributed by atoms with Crippen molar-refractivity contribution in [1.82, 2.24) is 5.32 Å². The van der Waals surface area contributed by atoms with E-state index in [1.165, 1.54) is 5.56 Å². The van der Waals surface area contributed by atoms with E-state index in [2.05, 4.69) is 24.4 Å². The molecule has 0 radical (unpaired) electrons. The van der Waals surface area contributed by atoms with Gasteiger partial charge in [0.2, 0.25) is 5.91 Å². The van der Waals surface area contributed by atoms with Gasteiger partial charge < -0.3 is 10.1 Å². The molecule has 1 N–H and O–H groups in total. The van der Waals surface area contributed by atoms with Crippen LogP contribution in [0.5, 0.6) is 0 Å². The molecule has 2 fully saturated rings. The van der Waals surface area contributed by atoms with Crippen molar-refractivity contribution < 1.29 is 9.53 Å². The summed E-state index contributed by atoms with van der Waals surface area (Å²) in [6.07, 6.45) is 0.989. The van der Waals surface area contributed by atoms with Crippen molar-refractivity contribution in [3.63, 3.8) is 0 Å². The van der Waals surface area contributed by atoms with Gasteiger partial charge in [0.05, 0.1) is 13.2 Å².